The lowest BCUT2D eigenvalue weighted by atomic mass is 9.74. The van der Waals surface area contributed by atoms with Gasteiger partial charge in [0.1, 0.15) is 5.54 Å². The molecule has 0 bridgehead atoms. The smallest absolute Gasteiger partial charge is 0.404 e. The van der Waals surface area contributed by atoms with Gasteiger partial charge in [0, 0.05) is 0 Å². The monoisotopic (exact) mass is 255 g/mol. The zero-order valence-electron chi connectivity index (χ0n) is 9.99. The number of imide groups is 1. The molecule has 0 aromatic carbocycles. The Hall–Kier alpha value is -1.79. The molecule has 4 amide bonds. The van der Waals surface area contributed by atoms with Gasteiger partial charge in [0.25, 0.3) is 5.91 Å². The molecule has 2 aliphatic rings. The summed E-state index contributed by atoms with van der Waals surface area (Å²) in [5, 5.41) is 15.7. The van der Waals surface area contributed by atoms with E-state index in [0.29, 0.717) is 0 Å². The van der Waals surface area contributed by atoms with E-state index in [1.807, 2.05) is 0 Å². The van der Waals surface area contributed by atoms with Gasteiger partial charge in [-0.3, -0.25) is 10.1 Å². The minimum Gasteiger partial charge on any atom is -0.465 e. The topological polar surface area (TPSA) is 108 Å². The summed E-state index contributed by atoms with van der Waals surface area (Å²) in [4.78, 5) is 33.9. The summed E-state index contributed by atoms with van der Waals surface area (Å²) in [5.74, 6) is -0.433. The molecule has 2 fully saturated rings. The fourth-order valence-electron chi connectivity index (χ4n) is 2.87. The third-order valence-corrected chi connectivity index (χ3v) is 3.79. The third-order valence-electron chi connectivity index (χ3n) is 3.79. The van der Waals surface area contributed by atoms with E-state index >= 15 is 0 Å². The van der Waals surface area contributed by atoms with E-state index in [4.69, 9.17) is 5.11 Å². The van der Waals surface area contributed by atoms with Crippen LogP contribution in [0, 0.1) is 5.92 Å². The molecule has 0 aromatic rings. The first-order valence-corrected chi connectivity index (χ1v) is 6.15. The predicted molar refractivity (Wildman–Crippen MR) is 62.0 cm³/mol. The highest BCUT2D eigenvalue weighted by Crippen LogP contribution is 2.34. The van der Waals surface area contributed by atoms with Crippen molar-refractivity contribution in [2.45, 2.75) is 37.6 Å². The highest BCUT2D eigenvalue weighted by molar-refractivity contribution is 6.07. The van der Waals surface area contributed by atoms with Crippen LogP contribution >= 0.6 is 0 Å². The maximum atomic E-state index is 12.0. The number of nitrogens with one attached hydrogen (secondary N) is 3. The van der Waals surface area contributed by atoms with Crippen LogP contribution in [0.5, 0.6) is 0 Å². The van der Waals surface area contributed by atoms with E-state index in [2.05, 4.69) is 16.0 Å². The zero-order valence-corrected chi connectivity index (χ0v) is 9.99. The van der Waals surface area contributed by atoms with E-state index in [9.17, 15) is 14.4 Å². The quantitative estimate of drug-likeness (QED) is 0.548. The van der Waals surface area contributed by atoms with Gasteiger partial charge in [0.15, 0.2) is 0 Å². The second-order valence-electron chi connectivity index (χ2n) is 4.87. The molecule has 0 aromatic heterocycles. The van der Waals surface area contributed by atoms with Crippen molar-refractivity contribution in [1.29, 1.82) is 0 Å². The lowest BCUT2D eigenvalue weighted by Gasteiger charge is -2.36. The van der Waals surface area contributed by atoms with Gasteiger partial charge in [-0.15, -0.1) is 0 Å². The fourth-order valence-corrected chi connectivity index (χ4v) is 2.87. The minimum atomic E-state index is -1.20. The number of hydrogen-bond acceptors (Lipinski definition) is 3. The fraction of sp³-hybridized carbons (Fsp3) is 0.727. The van der Waals surface area contributed by atoms with Gasteiger partial charge in [-0.05, 0) is 18.8 Å². The maximum Gasteiger partial charge on any atom is 0.404 e. The lowest BCUT2D eigenvalue weighted by molar-refractivity contribution is -0.126. The van der Waals surface area contributed by atoms with Gasteiger partial charge in [-0.25, -0.2) is 9.59 Å². The summed E-state index contributed by atoms with van der Waals surface area (Å²) >= 11 is 0. The molecule has 4 N–H and O–H groups in total. The Balaban J connectivity index is 2.18. The average Bonchev–Trinajstić information content (AvgIpc) is 2.64. The summed E-state index contributed by atoms with van der Waals surface area (Å²) in [6, 6.07) is -0.544. The van der Waals surface area contributed by atoms with Crippen molar-refractivity contribution in [3.63, 3.8) is 0 Å². The molecule has 1 atom stereocenters. The molecule has 7 heteroatoms. The van der Waals surface area contributed by atoms with Gasteiger partial charge in [0.05, 0.1) is 6.54 Å². The van der Waals surface area contributed by atoms with Gasteiger partial charge >= 0.3 is 12.1 Å². The van der Waals surface area contributed by atoms with E-state index in [1.165, 1.54) is 0 Å². The average molecular weight is 255 g/mol. The molecule has 1 unspecified atom stereocenters. The van der Waals surface area contributed by atoms with Gasteiger partial charge in [-0.1, -0.05) is 19.3 Å². The van der Waals surface area contributed by atoms with Crippen molar-refractivity contribution in [2.75, 3.05) is 6.54 Å². The summed E-state index contributed by atoms with van der Waals surface area (Å²) < 4.78 is 0. The van der Waals surface area contributed by atoms with E-state index in [-0.39, 0.29) is 12.5 Å². The Morgan fingerprint density at radius 3 is 2.50 bits per heavy atom. The second kappa shape index (κ2) is 4.83. The number of rotatable bonds is 3. The number of carboxylic acid groups (broad SMARTS) is 1. The molecular formula is C11H17N3O4. The lowest BCUT2D eigenvalue weighted by Crippen LogP contribution is -2.60. The van der Waals surface area contributed by atoms with Crippen molar-refractivity contribution in [3.8, 4) is 0 Å². The van der Waals surface area contributed by atoms with Crippen LogP contribution in [0.15, 0.2) is 0 Å². The Kier molecular flexibility index (Phi) is 3.40. The molecule has 0 spiro atoms. The normalized spacial score (nSPS) is 28.7. The summed E-state index contributed by atoms with van der Waals surface area (Å²) in [6.07, 6.45) is 3.59. The predicted octanol–water partition coefficient (Wildman–Crippen LogP) is 0.412. The van der Waals surface area contributed by atoms with Crippen molar-refractivity contribution in [3.05, 3.63) is 0 Å². The highest BCUT2D eigenvalue weighted by Gasteiger charge is 2.51. The van der Waals surface area contributed by atoms with E-state index < -0.39 is 23.6 Å². The Morgan fingerprint density at radius 1 is 1.33 bits per heavy atom. The number of carbonyl (C=O) groups is 3. The van der Waals surface area contributed by atoms with E-state index in [0.717, 1.165) is 32.1 Å². The van der Waals surface area contributed by atoms with Gasteiger partial charge < -0.3 is 15.7 Å². The van der Waals surface area contributed by atoms with Crippen molar-refractivity contribution in [1.82, 2.24) is 16.0 Å². The van der Waals surface area contributed by atoms with Crippen LogP contribution < -0.4 is 16.0 Å². The van der Waals surface area contributed by atoms with Crippen LogP contribution in [-0.2, 0) is 4.79 Å². The zero-order chi connectivity index (χ0) is 13.2. The first kappa shape index (κ1) is 12.7. The largest absolute Gasteiger partial charge is 0.465 e. The summed E-state index contributed by atoms with van der Waals surface area (Å²) in [7, 11) is 0. The van der Waals surface area contributed by atoms with Gasteiger partial charge in [0.2, 0.25) is 0 Å². The number of carbonyl (C=O) groups excluding carboxylic acids is 2. The standard InChI is InChI=1S/C11H17N3O4/c15-8-11(6-12-10(17)18,14-9(16)13-8)7-4-2-1-3-5-7/h7,12H,1-6H2,(H,17,18)(H2,13,14,15,16). The van der Waals surface area contributed by atoms with Crippen LogP contribution in [0.3, 0.4) is 0 Å². The molecule has 2 rings (SSSR count). The second-order valence-corrected chi connectivity index (χ2v) is 4.87. The molecule has 7 nitrogen and oxygen atoms in total. The SMILES string of the molecule is O=C(O)NCC1(C2CCCCC2)NC(=O)NC1=O. The molecule has 1 saturated carbocycles. The molecule has 1 heterocycles. The Bertz CT molecular complexity index is 378. The number of urea groups is 1. The van der Waals surface area contributed by atoms with Crippen molar-refractivity contribution in [2.24, 2.45) is 5.92 Å². The summed E-state index contributed by atoms with van der Waals surface area (Å²) in [5.41, 5.74) is -1.12. The summed E-state index contributed by atoms with van der Waals surface area (Å²) in [6.45, 7) is -0.0788. The highest BCUT2D eigenvalue weighted by atomic mass is 16.4. The molecule has 18 heavy (non-hydrogen) atoms. The number of amides is 4. The van der Waals surface area contributed by atoms with Crippen molar-refractivity contribution >= 4 is 18.0 Å². The third kappa shape index (κ3) is 2.25. The van der Waals surface area contributed by atoms with Crippen LogP contribution in [-0.4, -0.2) is 35.2 Å². The molecule has 100 valence electrons. The van der Waals surface area contributed by atoms with Crippen LogP contribution in [0.4, 0.5) is 9.59 Å². The maximum absolute atomic E-state index is 12.0. The molecular weight excluding hydrogens is 238 g/mol. The van der Waals surface area contributed by atoms with Crippen LogP contribution in [0.2, 0.25) is 0 Å². The Morgan fingerprint density at radius 2 is 2.00 bits per heavy atom. The van der Waals surface area contributed by atoms with E-state index in [1.54, 1.807) is 0 Å². The van der Waals surface area contributed by atoms with Crippen molar-refractivity contribution < 1.29 is 19.5 Å². The van der Waals surface area contributed by atoms with Crippen LogP contribution in [0.1, 0.15) is 32.1 Å². The Labute approximate surface area is 104 Å². The molecule has 1 aliphatic carbocycles. The number of hydrogen-bond donors (Lipinski definition) is 4. The van der Waals surface area contributed by atoms with Gasteiger partial charge in [-0.2, -0.15) is 0 Å². The minimum absolute atomic E-state index is 0.00968. The first-order valence-electron chi connectivity index (χ1n) is 6.15. The first-order chi connectivity index (χ1) is 8.54. The molecule has 0 radical (unpaired) electrons. The van der Waals surface area contributed by atoms with Crippen LogP contribution in [0.25, 0.3) is 0 Å². The molecule has 1 aliphatic heterocycles. The molecule has 1 saturated heterocycles.